The Balaban J connectivity index is 1.90. The van der Waals surface area contributed by atoms with Crippen molar-refractivity contribution in [3.8, 4) is 5.75 Å². The molecule has 5 nitrogen and oxygen atoms in total. The van der Waals surface area contributed by atoms with Gasteiger partial charge in [-0.25, -0.2) is 8.78 Å². The average Bonchev–Trinajstić information content (AvgIpc) is 3.05. The second kappa shape index (κ2) is 9.09. The fraction of sp³-hybridized carbons (Fsp3) is 0.185. The molecule has 0 bridgehead atoms. The predicted octanol–water partition coefficient (Wildman–Crippen LogP) is 5.69. The molecule has 1 aliphatic rings. The van der Waals surface area contributed by atoms with E-state index in [-0.39, 0.29) is 17.4 Å². The molecule has 3 aromatic rings. The Morgan fingerprint density at radius 3 is 2.32 bits per heavy atom. The summed E-state index contributed by atoms with van der Waals surface area (Å²) >= 11 is 0. The van der Waals surface area contributed by atoms with E-state index in [0.29, 0.717) is 22.9 Å². The van der Waals surface area contributed by atoms with E-state index in [2.05, 4.69) is 0 Å². The maximum absolute atomic E-state index is 14.7. The van der Waals surface area contributed by atoms with Crippen LogP contribution >= 0.6 is 0 Å². The van der Waals surface area contributed by atoms with Crippen molar-refractivity contribution in [2.45, 2.75) is 32.9 Å². The summed E-state index contributed by atoms with van der Waals surface area (Å²) in [5.74, 6) is -3.55. The highest BCUT2D eigenvalue weighted by molar-refractivity contribution is 6.51. The number of benzene rings is 3. The number of rotatable bonds is 5. The van der Waals surface area contributed by atoms with E-state index in [9.17, 15) is 23.5 Å². The number of ketones is 1. The molecule has 0 aliphatic carbocycles. The van der Waals surface area contributed by atoms with E-state index in [4.69, 9.17) is 4.74 Å². The van der Waals surface area contributed by atoms with Crippen LogP contribution in [0.3, 0.4) is 0 Å². The zero-order valence-electron chi connectivity index (χ0n) is 18.9. The lowest BCUT2D eigenvalue weighted by Gasteiger charge is -2.25. The van der Waals surface area contributed by atoms with Crippen LogP contribution in [0.2, 0.25) is 0 Å². The summed E-state index contributed by atoms with van der Waals surface area (Å²) < 4.78 is 34.0. The second-order valence-corrected chi connectivity index (χ2v) is 8.32. The molecule has 1 atom stereocenters. The van der Waals surface area contributed by atoms with Crippen molar-refractivity contribution >= 4 is 23.1 Å². The standard InChI is InChI=1S/C27H23F2NO4/c1-15(2)34-22-12-9-18(13-16(22)3)25(31)23-24(17-7-5-4-6-8-17)30(27(33)26(23)32)21-11-10-19(28)14-20(21)29/h4-15,24,31H,1-3H3/b25-23+. The largest absolute Gasteiger partial charge is 0.507 e. The van der Waals surface area contributed by atoms with Crippen LogP contribution in [0.25, 0.3) is 5.76 Å². The van der Waals surface area contributed by atoms with Gasteiger partial charge in [-0.2, -0.15) is 0 Å². The summed E-state index contributed by atoms with van der Waals surface area (Å²) in [6.07, 6.45) is -0.0489. The molecule has 1 amide bonds. The topological polar surface area (TPSA) is 66.8 Å². The van der Waals surface area contributed by atoms with E-state index < -0.39 is 35.1 Å². The summed E-state index contributed by atoms with van der Waals surface area (Å²) in [5, 5.41) is 11.2. The summed E-state index contributed by atoms with van der Waals surface area (Å²) in [4.78, 5) is 27.2. The van der Waals surface area contributed by atoms with Gasteiger partial charge >= 0.3 is 0 Å². The van der Waals surface area contributed by atoms with Crippen molar-refractivity contribution in [1.29, 1.82) is 0 Å². The highest BCUT2D eigenvalue weighted by Crippen LogP contribution is 2.43. The van der Waals surface area contributed by atoms with Gasteiger partial charge < -0.3 is 9.84 Å². The highest BCUT2D eigenvalue weighted by Gasteiger charge is 2.47. The molecule has 1 saturated heterocycles. The van der Waals surface area contributed by atoms with Gasteiger partial charge in [-0.15, -0.1) is 0 Å². The van der Waals surface area contributed by atoms with E-state index in [1.807, 2.05) is 13.8 Å². The van der Waals surface area contributed by atoms with Crippen LogP contribution in [0.4, 0.5) is 14.5 Å². The minimum Gasteiger partial charge on any atom is -0.507 e. The Kier molecular flexibility index (Phi) is 6.20. The summed E-state index contributed by atoms with van der Waals surface area (Å²) in [7, 11) is 0. The maximum Gasteiger partial charge on any atom is 0.300 e. The van der Waals surface area contributed by atoms with Gasteiger partial charge in [-0.3, -0.25) is 14.5 Å². The molecule has 7 heteroatoms. The number of amides is 1. The van der Waals surface area contributed by atoms with Crippen molar-refractivity contribution < 1.29 is 28.2 Å². The van der Waals surface area contributed by atoms with E-state index in [0.717, 1.165) is 22.6 Å². The average molecular weight is 463 g/mol. The van der Waals surface area contributed by atoms with Crippen LogP contribution in [0.1, 0.15) is 36.6 Å². The fourth-order valence-corrected chi connectivity index (χ4v) is 4.05. The van der Waals surface area contributed by atoms with Crippen LogP contribution in [-0.4, -0.2) is 22.9 Å². The number of aliphatic hydroxyl groups is 1. The number of halogens is 2. The number of Topliss-reactive ketones (excluding diaryl/α,β-unsaturated/α-hetero) is 1. The smallest absolute Gasteiger partial charge is 0.300 e. The molecule has 34 heavy (non-hydrogen) atoms. The minimum absolute atomic E-state index is 0.0489. The number of hydrogen-bond donors (Lipinski definition) is 1. The maximum atomic E-state index is 14.7. The van der Waals surface area contributed by atoms with Gasteiger partial charge in [0.05, 0.1) is 23.4 Å². The SMILES string of the molecule is Cc1cc(/C(O)=C2\C(=O)C(=O)N(c3ccc(F)cc3F)C2c2ccccc2)ccc1OC(C)C. The normalized spacial score (nSPS) is 17.5. The first kappa shape index (κ1) is 23.2. The second-order valence-electron chi connectivity index (χ2n) is 8.32. The molecule has 174 valence electrons. The van der Waals surface area contributed by atoms with Gasteiger partial charge in [-0.05, 0) is 62.2 Å². The van der Waals surface area contributed by atoms with Crippen molar-refractivity contribution in [2.24, 2.45) is 0 Å². The minimum atomic E-state index is -1.10. The number of hydrogen-bond acceptors (Lipinski definition) is 4. The molecule has 1 heterocycles. The van der Waals surface area contributed by atoms with Gasteiger partial charge in [0.1, 0.15) is 23.1 Å². The van der Waals surface area contributed by atoms with Crippen LogP contribution in [-0.2, 0) is 9.59 Å². The van der Waals surface area contributed by atoms with E-state index in [1.54, 1.807) is 55.5 Å². The quantitative estimate of drug-likeness (QED) is 0.300. The number of carbonyl (C=O) groups is 2. The first-order valence-corrected chi connectivity index (χ1v) is 10.8. The summed E-state index contributed by atoms with van der Waals surface area (Å²) in [6.45, 7) is 5.59. The lowest BCUT2D eigenvalue weighted by molar-refractivity contribution is -0.132. The third kappa shape index (κ3) is 4.17. The predicted molar refractivity (Wildman–Crippen MR) is 125 cm³/mol. The lowest BCUT2D eigenvalue weighted by atomic mass is 9.94. The molecule has 0 spiro atoms. The lowest BCUT2D eigenvalue weighted by Crippen LogP contribution is -2.30. The number of aliphatic hydroxyl groups excluding tert-OH is 1. The van der Waals surface area contributed by atoms with Crippen LogP contribution in [0, 0.1) is 18.6 Å². The van der Waals surface area contributed by atoms with Gasteiger partial charge in [0, 0.05) is 11.6 Å². The molecule has 3 aromatic carbocycles. The Labute approximate surface area is 195 Å². The van der Waals surface area contributed by atoms with Gasteiger partial charge in [0.15, 0.2) is 0 Å². The number of anilines is 1. The molecule has 1 unspecified atom stereocenters. The van der Waals surface area contributed by atoms with E-state index >= 15 is 0 Å². The molecule has 1 fully saturated rings. The third-order valence-corrected chi connectivity index (χ3v) is 5.54. The molecule has 1 N–H and O–H groups in total. The molecule has 0 saturated carbocycles. The van der Waals surface area contributed by atoms with Crippen LogP contribution < -0.4 is 9.64 Å². The fourth-order valence-electron chi connectivity index (χ4n) is 4.05. The monoisotopic (exact) mass is 463 g/mol. The van der Waals surface area contributed by atoms with Gasteiger partial charge in [0.25, 0.3) is 11.7 Å². The van der Waals surface area contributed by atoms with Crippen molar-refractivity contribution in [2.75, 3.05) is 4.90 Å². The molecule has 0 radical (unpaired) electrons. The Bertz CT molecular complexity index is 1300. The van der Waals surface area contributed by atoms with E-state index in [1.165, 1.54) is 0 Å². The number of aryl methyl sites for hydroxylation is 1. The molecular formula is C27H23F2NO4. The first-order valence-electron chi connectivity index (χ1n) is 10.8. The molecule has 0 aromatic heterocycles. The van der Waals surface area contributed by atoms with Crippen molar-refractivity contribution in [3.05, 3.63) is 101 Å². The summed E-state index contributed by atoms with van der Waals surface area (Å²) in [6, 6.07) is 15.1. The van der Waals surface area contributed by atoms with Gasteiger partial charge in [-0.1, -0.05) is 30.3 Å². The molecule has 4 rings (SSSR count). The zero-order valence-corrected chi connectivity index (χ0v) is 18.9. The third-order valence-electron chi connectivity index (χ3n) is 5.54. The Morgan fingerprint density at radius 2 is 1.71 bits per heavy atom. The molecular weight excluding hydrogens is 440 g/mol. The number of carbonyl (C=O) groups excluding carboxylic acids is 2. The Hall–Kier alpha value is -4.00. The van der Waals surface area contributed by atoms with Gasteiger partial charge in [0.2, 0.25) is 0 Å². The zero-order chi connectivity index (χ0) is 24.6. The first-order chi connectivity index (χ1) is 16.2. The van der Waals surface area contributed by atoms with Crippen LogP contribution in [0.15, 0.2) is 72.3 Å². The van der Waals surface area contributed by atoms with Crippen molar-refractivity contribution in [3.63, 3.8) is 0 Å². The summed E-state index contributed by atoms with van der Waals surface area (Å²) in [5.41, 5.74) is 1.09. The highest BCUT2D eigenvalue weighted by atomic mass is 19.1. The number of ether oxygens (including phenoxy) is 1. The Morgan fingerprint density at radius 1 is 1.00 bits per heavy atom. The molecule has 1 aliphatic heterocycles. The number of nitrogens with zero attached hydrogens (tertiary/aromatic N) is 1. The van der Waals surface area contributed by atoms with Crippen molar-refractivity contribution in [1.82, 2.24) is 0 Å². The van der Waals surface area contributed by atoms with Crippen LogP contribution in [0.5, 0.6) is 5.75 Å².